The standard InChI is InChI=1S/C47H46ClN5O8S2/c1-29(43(56)60-46(2,3)4)61-52-37(36-28-63-45(49-36)51-47(32-15-9-6-10-16-32,33-17-11-7-12-18-33)34-19-13-8-14-20-34)40(54)50-38-41(55)53-39(31(25-48)27-62-42(38)53)44(57)59-26-30-21-23-35(58-5)24-22-30/h6-24,28-29,38,42H,25-27H2,1-5H3,(H,49,51)(H,50,54)/b52-37-/t29?,38?,42-/m1/s1. The molecular weight excluding hydrogens is 862 g/mol. The van der Waals surface area contributed by atoms with Crippen LogP contribution in [0.3, 0.4) is 0 Å². The van der Waals surface area contributed by atoms with Gasteiger partial charge in [-0.05, 0) is 67.7 Å². The molecule has 5 aromatic rings. The summed E-state index contributed by atoms with van der Waals surface area (Å²) < 4.78 is 16.3. The zero-order chi connectivity index (χ0) is 44.7. The summed E-state index contributed by atoms with van der Waals surface area (Å²) in [5.74, 6) is -1.76. The number of benzene rings is 4. The van der Waals surface area contributed by atoms with Gasteiger partial charge in [-0.1, -0.05) is 108 Å². The van der Waals surface area contributed by atoms with Gasteiger partial charge in [-0.2, -0.15) is 0 Å². The summed E-state index contributed by atoms with van der Waals surface area (Å²) in [7, 11) is 1.56. The third kappa shape index (κ3) is 9.90. The Morgan fingerprint density at radius 3 is 2.03 bits per heavy atom. The van der Waals surface area contributed by atoms with Crippen LogP contribution in [0.15, 0.2) is 137 Å². The van der Waals surface area contributed by atoms with E-state index in [1.165, 1.54) is 34.9 Å². The van der Waals surface area contributed by atoms with Crippen molar-refractivity contribution in [2.24, 2.45) is 5.16 Å². The lowest BCUT2D eigenvalue weighted by Crippen LogP contribution is -2.71. The highest BCUT2D eigenvalue weighted by Crippen LogP contribution is 2.42. The van der Waals surface area contributed by atoms with E-state index in [9.17, 15) is 19.2 Å². The van der Waals surface area contributed by atoms with Crippen molar-refractivity contribution in [2.75, 3.05) is 24.1 Å². The SMILES string of the molecule is COc1ccc(COC(=O)C2=C(CCl)CS[C@@H]3C(NC(=O)/C(=N\OC(C)C(=O)OC(C)(C)C)c4csc(NC(c5ccccc5)(c5ccccc5)c5ccccc5)n4)C(=O)N23)cc1. The summed E-state index contributed by atoms with van der Waals surface area (Å²) in [5, 5.41) is 12.1. The van der Waals surface area contributed by atoms with Crippen LogP contribution in [0.25, 0.3) is 0 Å². The number of alkyl halides is 1. The largest absolute Gasteiger partial charge is 0.497 e. The van der Waals surface area contributed by atoms with Crippen LogP contribution in [-0.4, -0.2) is 81.2 Å². The van der Waals surface area contributed by atoms with Gasteiger partial charge in [0.15, 0.2) is 10.8 Å². The normalized spacial score (nSPS) is 16.9. The fraction of sp³-hybridized carbons (Fsp3) is 0.277. The predicted octanol–water partition coefficient (Wildman–Crippen LogP) is 7.64. The summed E-state index contributed by atoms with van der Waals surface area (Å²) in [6, 6.07) is 35.9. The van der Waals surface area contributed by atoms with Gasteiger partial charge in [0.2, 0.25) is 6.10 Å². The molecule has 0 radical (unpaired) electrons. The number of nitrogens with zero attached hydrogens (tertiary/aromatic N) is 3. The number of fused-ring (bicyclic) bond motifs is 1. The van der Waals surface area contributed by atoms with Crippen molar-refractivity contribution < 1.29 is 38.2 Å². The number of esters is 2. The van der Waals surface area contributed by atoms with E-state index in [4.69, 9.17) is 35.6 Å². The number of nitrogens with one attached hydrogen (secondary N) is 2. The van der Waals surface area contributed by atoms with Crippen LogP contribution in [-0.2, 0) is 45.6 Å². The zero-order valence-electron chi connectivity index (χ0n) is 35.2. The van der Waals surface area contributed by atoms with Gasteiger partial charge in [0.25, 0.3) is 11.8 Å². The van der Waals surface area contributed by atoms with E-state index in [0.29, 0.717) is 22.2 Å². The molecule has 2 aliphatic heterocycles. The van der Waals surface area contributed by atoms with Crippen LogP contribution in [0.1, 0.15) is 55.6 Å². The molecule has 7 rings (SSSR count). The molecule has 3 heterocycles. The zero-order valence-corrected chi connectivity index (χ0v) is 37.6. The minimum Gasteiger partial charge on any atom is -0.497 e. The summed E-state index contributed by atoms with van der Waals surface area (Å²) in [6.07, 6.45) is -1.20. The predicted molar refractivity (Wildman–Crippen MR) is 243 cm³/mol. The third-order valence-corrected chi connectivity index (χ3v) is 12.6. The van der Waals surface area contributed by atoms with E-state index in [0.717, 1.165) is 22.3 Å². The highest BCUT2D eigenvalue weighted by atomic mass is 35.5. The minimum absolute atomic E-state index is 0.00221. The molecule has 13 nitrogen and oxygen atoms in total. The van der Waals surface area contributed by atoms with Crippen LogP contribution in [0.4, 0.5) is 5.13 Å². The molecule has 2 amide bonds. The summed E-state index contributed by atoms with van der Waals surface area (Å²) in [5.41, 5.74) is 2.22. The second-order valence-corrected chi connectivity index (χ2v) is 17.8. The first-order valence-electron chi connectivity index (χ1n) is 20.0. The van der Waals surface area contributed by atoms with Crippen molar-refractivity contribution in [1.29, 1.82) is 0 Å². The number of carbonyl (C=O) groups excluding carboxylic acids is 4. The van der Waals surface area contributed by atoms with Crippen LogP contribution in [0, 0.1) is 0 Å². The smallest absolute Gasteiger partial charge is 0.355 e. The second kappa shape index (κ2) is 19.5. The maximum Gasteiger partial charge on any atom is 0.355 e. The Balaban J connectivity index is 1.17. The van der Waals surface area contributed by atoms with Crippen molar-refractivity contribution in [3.05, 3.63) is 160 Å². The molecule has 3 atom stereocenters. The average molecular weight is 908 g/mol. The van der Waals surface area contributed by atoms with E-state index in [-0.39, 0.29) is 29.6 Å². The van der Waals surface area contributed by atoms with Gasteiger partial charge in [-0.3, -0.25) is 14.5 Å². The number of thioether (sulfide) groups is 1. The minimum atomic E-state index is -1.20. The van der Waals surface area contributed by atoms with Gasteiger partial charge < -0.3 is 29.7 Å². The van der Waals surface area contributed by atoms with Crippen LogP contribution in [0.5, 0.6) is 5.75 Å². The van der Waals surface area contributed by atoms with Gasteiger partial charge in [0, 0.05) is 17.0 Å². The van der Waals surface area contributed by atoms with E-state index >= 15 is 0 Å². The molecule has 0 aliphatic carbocycles. The highest BCUT2D eigenvalue weighted by molar-refractivity contribution is 8.00. The Morgan fingerprint density at radius 2 is 1.49 bits per heavy atom. The number of anilines is 1. The van der Waals surface area contributed by atoms with Crippen LogP contribution >= 0.6 is 34.7 Å². The average Bonchev–Trinajstić information content (AvgIpc) is 3.76. The molecular formula is C47H46ClN5O8S2. The molecule has 4 aromatic carbocycles. The van der Waals surface area contributed by atoms with Gasteiger partial charge in [-0.15, -0.1) is 34.7 Å². The Hall–Kier alpha value is -6.16. The lowest BCUT2D eigenvalue weighted by atomic mass is 9.77. The molecule has 326 valence electrons. The number of aromatic nitrogens is 1. The molecule has 2 unspecified atom stereocenters. The number of oxime groups is 1. The number of thiazole rings is 1. The van der Waals surface area contributed by atoms with E-state index in [2.05, 4.69) is 15.8 Å². The molecule has 0 spiro atoms. The lowest BCUT2D eigenvalue weighted by Gasteiger charge is -2.49. The molecule has 1 fully saturated rings. The molecule has 0 saturated carbocycles. The van der Waals surface area contributed by atoms with Crippen molar-refractivity contribution in [2.45, 2.75) is 63.0 Å². The van der Waals surface area contributed by atoms with Crippen molar-refractivity contribution in [3.8, 4) is 5.75 Å². The third-order valence-electron chi connectivity index (χ3n) is 10.1. The van der Waals surface area contributed by atoms with E-state index < -0.39 is 52.4 Å². The summed E-state index contributed by atoms with van der Waals surface area (Å²) in [6.45, 7) is 6.59. The Bertz CT molecular complexity index is 2400. The number of hydrogen-bond donors (Lipinski definition) is 2. The monoisotopic (exact) mass is 907 g/mol. The Morgan fingerprint density at radius 1 is 0.905 bits per heavy atom. The van der Waals surface area contributed by atoms with E-state index in [1.54, 1.807) is 57.5 Å². The van der Waals surface area contributed by atoms with Gasteiger partial charge >= 0.3 is 11.9 Å². The van der Waals surface area contributed by atoms with Gasteiger partial charge in [0.05, 0.1) is 7.11 Å². The number of halogens is 1. The van der Waals surface area contributed by atoms with Crippen LogP contribution < -0.4 is 15.4 Å². The first-order valence-corrected chi connectivity index (χ1v) is 22.5. The topological polar surface area (TPSA) is 158 Å². The number of methoxy groups -OCH3 is 1. The number of rotatable bonds is 16. The fourth-order valence-electron chi connectivity index (χ4n) is 7.07. The number of amides is 2. The number of hydrogen-bond acceptors (Lipinski definition) is 13. The molecule has 16 heteroatoms. The van der Waals surface area contributed by atoms with Crippen LogP contribution in [0.2, 0.25) is 0 Å². The molecule has 1 aromatic heterocycles. The summed E-state index contributed by atoms with van der Waals surface area (Å²) in [4.78, 5) is 66.6. The quantitative estimate of drug-likeness (QED) is 0.0250. The molecule has 2 N–H and O–H groups in total. The molecule has 2 aliphatic rings. The first kappa shape index (κ1) is 44.9. The Kier molecular flexibility index (Phi) is 13.9. The Labute approximate surface area is 378 Å². The maximum atomic E-state index is 14.4. The van der Waals surface area contributed by atoms with Crippen molar-refractivity contribution >= 4 is 69.3 Å². The number of carbonyl (C=O) groups is 4. The number of ether oxygens (including phenoxy) is 3. The summed E-state index contributed by atoms with van der Waals surface area (Å²) >= 11 is 8.86. The highest BCUT2D eigenvalue weighted by Gasteiger charge is 2.54. The van der Waals surface area contributed by atoms with Gasteiger partial charge in [0.1, 0.15) is 46.3 Å². The fourth-order valence-corrected chi connectivity index (χ4v) is 9.50. The molecule has 1 saturated heterocycles. The van der Waals surface area contributed by atoms with Crippen molar-refractivity contribution in [1.82, 2.24) is 15.2 Å². The maximum absolute atomic E-state index is 14.4. The van der Waals surface area contributed by atoms with Gasteiger partial charge in [-0.25, -0.2) is 14.6 Å². The lowest BCUT2D eigenvalue weighted by molar-refractivity contribution is -0.167. The van der Waals surface area contributed by atoms with Crippen molar-refractivity contribution in [3.63, 3.8) is 0 Å². The second-order valence-electron chi connectivity index (χ2n) is 15.6. The first-order chi connectivity index (χ1) is 30.3. The molecule has 63 heavy (non-hydrogen) atoms. The number of β-lactam (4-membered cyclic amide) rings is 1. The van der Waals surface area contributed by atoms with E-state index in [1.807, 2.05) is 91.0 Å². The molecule has 0 bridgehead atoms.